The zero-order chi connectivity index (χ0) is 13.2. The second-order valence-corrected chi connectivity index (χ2v) is 5.37. The van der Waals surface area contributed by atoms with E-state index in [1.807, 2.05) is 19.2 Å². The Morgan fingerprint density at radius 1 is 1.44 bits per heavy atom. The third-order valence-electron chi connectivity index (χ3n) is 3.00. The highest BCUT2D eigenvalue weighted by Crippen LogP contribution is 2.26. The molecule has 0 radical (unpaired) electrons. The zero-order valence-electron chi connectivity index (χ0n) is 10.5. The lowest BCUT2D eigenvalue weighted by Gasteiger charge is -2.26. The lowest BCUT2D eigenvalue weighted by atomic mass is 9.89. The summed E-state index contributed by atoms with van der Waals surface area (Å²) in [5.41, 5.74) is 7.51. The van der Waals surface area contributed by atoms with E-state index in [-0.39, 0.29) is 5.82 Å². The minimum absolute atomic E-state index is 0.345. The topological polar surface area (TPSA) is 51.8 Å². The van der Waals surface area contributed by atoms with Crippen molar-refractivity contribution in [3.05, 3.63) is 45.9 Å². The molecule has 0 saturated heterocycles. The van der Waals surface area contributed by atoms with Gasteiger partial charge < -0.3 is 5.73 Å². The van der Waals surface area contributed by atoms with Crippen molar-refractivity contribution >= 4 is 11.3 Å². The summed E-state index contributed by atoms with van der Waals surface area (Å²) in [6.45, 7) is 3.96. The molecular weight excluding hydrogens is 249 g/mol. The van der Waals surface area contributed by atoms with Crippen LogP contribution in [-0.2, 0) is 12.0 Å². The number of rotatable bonds is 4. The largest absolute Gasteiger partial charge is 0.320 e. The normalized spacial score (nSPS) is 14.4. The number of aryl methyl sites for hydroxylation is 1. The molecule has 2 N–H and O–H groups in total. The monoisotopic (exact) mass is 265 g/mol. The Hall–Kier alpha value is -1.33. The molecule has 0 spiro atoms. The molecule has 2 rings (SSSR count). The highest BCUT2D eigenvalue weighted by atomic mass is 32.1. The first kappa shape index (κ1) is 13.1. The summed E-state index contributed by atoms with van der Waals surface area (Å²) in [5, 5.41) is 2.99. The minimum atomic E-state index is -0.585. The van der Waals surface area contributed by atoms with Crippen LogP contribution in [0.2, 0.25) is 0 Å². The first-order valence-corrected chi connectivity index (χ1v) is 6.73. The van der Waals surface area contributed by atoms with Gasteiger partial charge in [-0.3, -0.25) is 4.98 Å². The Balaban J connectivity index is 2.27. The van der Waals surface area contributed by atoms with E-state index in [1.54, 1.807) is 17.4 Å². The van der Waals surface area contributed by atoms with Gasteiger partial charge in [0.1, 0.15) is 5.82 Å². The Labute approximate surface area is 110 Å². The van der Waals surface area contributed by atoms with Gasteiger partial charge in [0.05, 0.1) is 22.4 Å². The highest BCUT2D eigenvalue weighted by Gasteiger charge is 2.28. The predicted molar refractivity (Wildman–Crippen MR) is 70.9 cm³/mol. The summed E-state index contributed by atoms with van der Waals surface area (Å²) in [4.78, 5) is 8.52. The molecule has 2 aromatic rings. The van der Waals surface area contributed by atoms with Crippen molar-refractivity contribution in [2.45, 2.75) is 32.2 Å². The zero-order valence-corrected chi connectivity index (χ0v) is 11.3. The molecule has 0 fully saturated rings. The van der Waals surface area contributed by atoms with Gasteiger partial charge in [-0.1, -0.05) is 6.92 Å². The van der Waals surface area contributed by atoms with Crippen LogP contribution in [-0.4, -0.2) is 9.97 Å². The van der Waals surface area contributed by atoms with E-state index in [9.17, 15) is 4.39 Å². The molecule has 0 aliphatic heterocycles. The average molecular weight is 265 g/mol. The van der Waals surface area contributed by atoms with Crippen molar-refractivity contribution in [3.63, 3.8) is 0 Å². The molecular formula is C13H16FN3S. The van der Waals surface area contributed by atoms with Gasteiger partial charge in [-0.05, 0) is 25.5 Å². The van der Waals surface area contributed by atoms with E-state index in [4.69, 9.17) is 5.73 Å². The molecule has 0 aliphatic carbocycles. The Morgan fingerprint density at radius 3 is 2.72 bits per heavy atom. The van der Waals surface area contributed by atoms with Gasteiger partial charge in [0, 0.05) is 17.5 Å². The van der Waals surface area contributed by atoms with Gasteiger partial charge in [-0.15, -0.1) is 11.3 Å². The fourth-order valence-corrected chi connectivity index (χ4v) is 2.72. The fraction of sp³-hybridized carbons (Fsp3) is 0.385. The molecule has 0 aliphatic rings. The number of thiazole rings is 1. The van der Waals surface area contributed by atoms with Crippen molar-refractivity contribution in [2.75, 3.05) is 0 Å². The Bertz CT molecular complexity index is 523. The SMILES string of the molecule is CCC(N)(Cc1nc(C)cs1)c1ccc(F)cn1. The summed E-state index contributed by atoms with van der Waals surface area (Å²) in [5.74, 6) is -0.345. The van der Waals surface area contributed by atoms with E-state index < -0.39 is 5.54 Å². The maximum Gasteiger partial charge on any atom is 0.141 e. The summed E-state index contributed by atoms with van der Waals surface area (Å²) in [6.07, 6.45) is 2.56. The van der Waals surface area contributed by atoms with Gasteiger partial charge in [-0.25, -0.2) is 9.37 Å². The quantitative estimate of drug-likeness (QED) is 0.924. The van der Waals surface area contributed by atoms with E-state index >= 15 is 0 Å². The van der Waals surface area contributed by atoms with Gasteiger partial charge in [-0.2, -0.15) is 0 Å². The molecule has 0 amide bonds. The second kappa shape index (κ2) is 5.12. The van der Waals surface area contributed by atoms with Crippen LogP contribution >= 0.6 is 11.3 Å². The predicted octanol–water partition coefficient (Wildman–Crippen LogP) is 2.79. The smallest absolute Gasteiger partial charge is 0.141 e. The maximum atomic E-state index is 12.9. The van der Waals surface area contributed by atoms with E-state index in [0.717, 1.165) is 17.1 Å². The van der Waals surface area contributed by atoms with E-state index in [1.165, 1.54) is 12.3 Å². The van der Waals surface area contributed by atoms with Crippen molar-refractivity contribution in [1.82, 2.24) is 9.97 Å². The molecule has 18 heavy (non-hydrogen) atoms. The van der Waals surface area contributed by atoms with E-state index in [0.29, 0.717) is 12.1 Å². The summed E-state index contributed by atoms with van der Waals surface area (Å²) in [7, 11) is 0. The molecule has 2 heterocycles. The Morgan fingerprint density at radius 2 is 2.22 bits per heavy atom. The third-order valence-corrected chi connectivity index (χ3v) is 3.97. The fourth-order valence-electron chi connectivity index (χ4n) is 1.82. The summed E-state index contributed by atoms with van der Waals surface area (Å²) in [6, 6.07) is 3.05. The van der Waals surface area contributed by atoms with Gasteiger partial charge in [0.15, 0.2) is 0 Å². The minimum Gasteiger partial charge on any atom is -0.320 e. The molecule has 0 bridgehead atoms. The highest BCUT2D eigenvalue weighted by molar-refractivity contribution is 7.09. The summed E-state index contributed by atoms with van der Waals surface area (Å²) >= 11 is 1.60. The maximum absolute atomic E-state index is 12.9. The number of hydrogen-bond donors (Lipinski definition) is 1. The van der Waals surface area contributed by atoms with Crippen LogP contribution in [0.25, 0.3) is 0 Å². The molecule has 96 valence electrons. The van der Waals surface area contributed by atoms with Crippen LogP contribution in [0.5, 0.6) is 0 Å². The first-order chi connectivity index (χ1) is 8.53. The van der Waals surface area contributed by atoms with Crippen molar-refractivity contribution in [2.24, 2.45) is 5.73 Å². The molecule has 3 nitrogen and oxygen atoms in total. The average Bonchev–Trinajstić information content (AvgIpc) is 2.75. The van der Waals surface area contributed by atoms with Gasteiger partial charge >= 0.3 is 0 Å². The van der Waals surface area contributed by atoms with Crippen LogP contribution in [0.4, 0.5) is 4.39 Å². The number of halogens is 1. The third kappa shape index (κ3) is 2.73. The molecule has 5 heteroatoms. The molecule has 0 saturated carbocycles. The molecule has 1 atom stereocenters. The lowest BCUT2D eigenvalue weighted by Crippen LogP contribution is -2.39. The number of aromatic nitrogens is 2. The van der Waals surface area contributed by atoms with E-state index in [2.05, 4.69) is 9.97 Å². The summed E-state index contributed by atoms with van der Waals surface area (Å²) < 4.78 is 12.9. The van der Waals surface area contributed by atoms with Crippen LogP contribution in [0, 0.1) is 12.7 Å². The van der Waals surface area contributed by atoms with Crippen LogP contribution in [0.15, 0.2) is 23.7 Å². The van der Waals surface area contributed by atoms with Crippen molar-refractivity contribution in [3.8, 4) is 0 Å². The molecule has 2 aromatic heterocycles. The molecule has 1 unspecified atom stereocenters. The van der Waals surface area contributed by atoms with Gasteiger partial charge in [0.2, 0.25) is 0 Å². The van der Waals surface area contributed by atoms with Crippen molar-refractivity contribution < 1.29 is 4.39 Å². The lowest BCUT2D eigenvalue weighted by molar-refractivity contribution is 0.410. The number of nitrogens with zero attached hydrogens (tertiary/aromatic N) is 2. The molecule has 0 aromatic carbocycles. The van der Waals surface area contributed by atoms with Gasteiger partial charge in [0.25, 0.3) is 0 Å². The first-order valence-electron chi connectivity index (χ1n) is 5.85. The number of hydrogen-bond acceptors (Lipinski definition) is 4. The van der Waals surface area contributed by atoms with Crippen LogP contribution in [0.1, 0.15) is 29.7 Å². The standard InChI is InChI=1S/C13H16FN3S/c1-3-13(15,6-12-17-9(2)8-18-12)11-5-4-10(14)7-16-11/h4-5,7-8H,3,6,15H2,1-2H3. The number of pyridine rings is 1. The van der Waals surface area contributed by atoms with Crippen LogP contribution < -0.4 is 5.73 Å². The van der Waals surface area contributed by atoms with Crippen LogP contribution in [0.3, 0.4) is 0 Å². The second-order valence-electron chi connectivity index (χ2n) is 4.43. The Kier molecular flexibility index (Phi) is 3.73. The number of nitrogens with two attached hydrogens (primary N) is 1. The van der Waals surface area contributed by atoms with Crippen molar-refractivity contribution in [1.29, 1.82) is 0 Å².